The molecule has 2 rings (SSSR count). The summed E-state index contributed by atoms with van der Waals surface area (Å²) in [6.07, 6.45) is 5.24. The van der Waals surface area contributed by atoms with Gasteiger partial charge in [-0.25, -0.2) is 4.79 Å². The standard InChI is InChI=1S/C17H24N4O2/c1-13(5-4-8-22)20-17(23)18-10-14-6-3-7-15(9-14)16-11-19-21(2)12-16/h3,6-7,9,11-13,22H,4-5,8,10H2,1-2H3,(H2,18,20,23). The van der Waals surface area contributed by atoms with Gasteiger partial charge in [0.15, 0.2) is 0 Å². The molecule has 1 atom stereocenters. The summed E-state index contributed by atoms with van der Waals surface area (Å²) in [7, 11) is 1.89. The van der Waals surface area contributed by atoms with Gasteiger partial charge in [0.1, 0.15) is 0 Å². The zero-order valence-corrected chi connectivity index (χ0v) is 13.6. The molecule has 0 aliphatic carbocycles. The SMILES string of the molecule is CC(CCCO)NC(=O)NCc1cccc(-c2cnn(C)c2)c1. The molecule has 0 bridgehead atoms. The molecule has 2 amide bonds. The summed E-state index contributed by atoms with van der Waals surface area (Å²) >= 11 is 0. The predicted molar refractivity (Wildman–Crippen MR) is 89.8 cm³/mol. The Kier molecular flexibility index (Phi) is 6.17. The molecule has 1 aromatic carbocycles. The molecule has 23 heavy (non-hydrogen) atoms. The zero-order chi connectivity index (χ0) is 16.7. The lowest BCUT2D eigenvalue weighted by Crippen LogP contribution is -2.40. The Labute approximate surface area is 136 Å². The Balaban J connectivity index is 1.87. The van der Waals surface area contributed by atoms with E-state index in [2.05, 4.69) is 15.7 Å². The summed E-state index contributed by atoms with van der Waals surface area (Å²) in [6, 6.07) is 7.88. The minimum Gasteiger partial charge on any atom is -0.396 e. The van der Waals surface area contributed by atoms with Crippen LogP contribution in [-0.4, -0.2) is 33.6 Å². The van der Waals surface area contributed by atoms with E-state index < -0.39 is 0 Å². The number of benzene rings is 1. The van der Waals surface area contributed by atoms with Crippen LogP contribution in [0.1, 0.15) is 25.3 Å². The topological polar surface area (TPSA) is 79.2 Å². The molecule has 1 aromatic heterocycles. The van der Waals surface area contributed by atoms with Gasteiger partial charge in [-0.2, -0.15) is 5.10 Å². The average molecular weight is 316 g/mol. The molecule has 0 fully saturated rings. The van der Waals surface area contributed by atoms with Crippen LogP contribution in [0, 0.1) is 0 Å². The number of rotatable bonds is 7. The zero-order valence-electron chi connectivity index (χ0n) is 13.6. The smallest absolute Gasteiger partial charge is 0.315 e. The maximum absolute atomic E-state index is 11.9. The lowest BCUT2D eigenvalue weighted by atomic mass is 10.1. The van der Waals surface area contributed by atoms with Crippen molar-refractivity contribution >= 4 is 6.03 Å². The fraction of sp³-hybridized carbons (Fsp3) is 0.412. The third-order valence-corrected chi connectivity index (χ3v) is 3.59. The number of amides is 2. The monoisotopic (exact) mass is 316 g/mol. The number of carbonyl (C=O) groups is 1. The third kappa shape index (κ3) is 5.41. The number of aliphatic hydroxyl groups excluding tert-OH is 1. The Morgan fingerprint density at radius 3 is 2.91 bits per heavy atom. The number of nitrogens with one attached hydrogen (secondary N) is 2. The first-order valence-corrected chi connectivity index (χ1v) is 7.81. The molecular formula is C17H24N4O2. The highest BCUT2D eigenvalue weighted by atomic mass is 16.3. The Morgan fingerprint density at radius 1 is 1.39 bits per heavy atom. The van der Waals surface area contributed by atoms with Gasteiger partial charge in [-0.15, -0.1) is 0 Å². The normalized spacial score (nSPS) is 12.0. The third-order valence-electron chi connectivity index (χ3n) is 3.59. The largest absolute Gasteiger partial charge is 0.396 e. The number of carbonyl (C=O) groups excluding carboxylic acids is 1. The predicted octanol–water partition coefficient (Wildman–Crippen LogP) is 2.05. The molecule has 6 nitrogen and oxygen atoms in total. The molecule has 3 N–H and O–H groups in total. The van der Waals surface area contributed by atoms with Crippen LogP contribution in [0.3, 0.4) is 0 Å². The van der Waals surface area contributed by atoms with Crippen LogP contribution in [0.4, 0.5) is 4.79 Å². The van der Waals surface area contributed by atoms with E-state index in [4.69, 9.17) is 5.11 Å². The molecule has 0 aliphatic heterocycles. The second kappa shape index (κ2) is 8.33. The van der Waals surface area contributed by atoms with E-state index in [-0.39, 0.29) is 18.7 Å². The molecule has 0 saturated heterocycles. The van der Waals surface area contributed by atoms with E-state index >= 15 is 0 Å². The Morgan fingerprint density at radius 2 is 2.22 bits per heavy atom. The molecule has 0 saturated carbocycles. The Hall–Kier alpha value is -2.34. The van der Waals surface area contributed by atoms with Crippen molar-refractivity contribution in [2.24, 2.45) is 7.05 Å². The fourth-order valence-corrected chi connectivity index (χ4v) is 2.36. The quantitative estimate of drug-likeness (QED) is 0.731. The summed E-state index contributed by atoms with van der Waals surface area (Å²) in [6.45, 7) is 2.54. The van der Waals surface area contributed by atoms with Crippen LogP contribution in [0.15, 0.2) is 36.7 Å². The molecule has 0 aliphatic rings. The molecule has 124 valence electrons. The maximum Gasteiger partial charge on any atom is 0.315 e. The number of aryl methyl sites for hydroxylation is 1. The molecule has 1 unspecified atom stereocenters. The van der Waals surface area contributed by atoms with Crippen LogP contribution >= 0.6 is 0 Å². The van der Waals surface area contributed by atoms with E-state index in [0.29, 0.717) is 13.0 Å². The molecular weight excluding hydrogens is 292 g/mol. The van der Waals surface area contributed by atoms with Gasteiger partial charge in [-0.3, -0.25) is 4.68 Å². The van der Waals surface area contributed by atoms with Crippen molar-refractivity contribution in [1.29, 1.82) is 0 Å². The second-order valence-electron chi connectivity index (χ2n) is 5.70. The number of nitrogens with zero attached hydrogens (tertiary/aromatic N) is 2. The van der Waals surface area contributed by atoms with Crippen LogP contribution in [0.5, 0.6) is 0 Å². The molecule has 6 heteroatoms. The number of aromatic nitrogens is 2. The highest BCUT2D eigenvalue weighted by Crippen LogP contribution is 2.19. The van der Waals surface area contributed by atoms with Gasteiger partial charge in [0.25, 0.3) is 0 Å². The maximum atomic E-state index is 11.9. The lowest BCUT2D eigenvalue weighted by molar-refractivity contribution is 0.234. The summed E-state index contributed by atoms with van der Waals surface area (Å²) in [5, 5.41) is 18.7. The van der Waals surface area contributed by atoms with E-state index in [0.717, 1.165) is 23.1 Å². The minimum absolute atomic E-state index is 0.0453. The van der Waals surface area contributed by atoms with E-state index in [1.807, 2.05) is 50.6 Å². The van der Waals surface area contributed by atoms with Crippen molar-refractivity contribution in [3.63, 3.8) is 0 Å². The van der Waals surface area contributed by atoms with E-state index in [1.165, 1.54) is 0 Å². The average Bonchev–Trinajstić information content (AvgIpc) is 2.98. The van der Waals surface area contributed by atoms with Gasteiger partial charge in [0.05, 0.1) is 6.20 Å². The van der Waals surface area contributed by atoms with Crippen LogP contribution in [-0.2, 0) is 13.6 Å². The van der Waals surface area contributed by atoms with Crippen molar-refractivity contribution in [2.45, 2.75) is 32.4 Å². The lowest BCUT2D eigenvalue weighted by Gasteiger charge is -2.14. The van der Waals surface area contributed by atoms with Gasteiger partial charge in [0, 0.05) is 38.0 Å². The first-order chi connectivity index (χ1) is 11.1. The minimum atomic E-state index is -0.192. The van der Waals surface area contributed by atoms with Crippen molar-refractivity contribution in [2.75, 3.05) is 6.61 Å². The van der Waals surface area contributed by atoms with E-state index in [1.54, 1.807) is 4.68 Å². The molecule has 0 radical (unpaired) electrons. The fourth-order valence-electron chi connectivity index (χ4n) is 2.36. The summed E-state index contributed by atoms with van der Waals surface area (Å²) in [5.74, 6) is 0. The van der Waals surface area contributed by atoms with Gasteiger partial charge < -0.3 is 15.7 Å². The van der Waals surface area contributed by atoms with Crippen LogP contribution < -0.4 is 10.6 Å². The summed E-state index contributed by atoms with van der Waals surface area (Å²) in [5.41, 5.74) is 3.16. The van der Waals surface area contributed by atoms with Crippen LogP contribution in [0.25, 0.3) is 11.1 Å². The van der Waals surface area contributed by atoms with Crippen molar-refractivity contribution < 1.29 is 9.90 Å². The van der Waals surface area contributed by atoms with Gasteiger partial charge in [0.2, 0.25) is 0 Å². The van der Waals surface area contributed by atoms with Crippen LogP contribution in [0.2, 0.25) is 0 Å². The molecule has 1 heterocycles. The van der Waals surface area contributed by atoms with Gasteiger partial charge in [-0.1, -0.05) is 18.2 Å². The second-order valence-corrected chi connectivity index (χ2v) is 5.70. The first-order valence-electron chi connectivity index (χ1n) is 7.81. The van der Waals surface area contributed by atoms with Crippen molar-refractivity contribution in [3.05, 3.63) is 42.2 Å². The summed E-state index contributed by atoms with van der Waals surface area (Å²) in [4.78, 5) is 11.9. The Bertz CT molecular complexity index is 639. The van der Waals surface area contributed by atoms with Crippen molar-refractivity contribution in [3.8, 4) is 11.1 Å². The summed E-state index contributed by atoms with van der Waals surface area (Å²) < 4.78 is 1.77. The number of urea groups is 1. The highest BCUT2D eigenvalue weighted by Gasteiger charge is 2.07. The van der Waals surface area contributed by atoms with E-state index in [9.17, 15) is 4.79 Å². The highest BCUT2D eigenvalue weighted by molar-refractivity contribution is 5.74. The number of hydrogen-bond donors (Lipinski definition) is 3. The number of aliphatic hydroxyl groups is 1. The molecule has 0 spiro atoms. The molecule has 2 aromatic rings. The first kappa shape index (κ1) is 17.0. The number of hydrogen-bond acceptors (Lipinski definition) is 3. The van der Waals surface area contributed by atoms with Gasteiger partial charge >= 0.3 is 6.03 Å². The van der Waals surface area contributed by atoms with Crippen molar-refractivity contribution in [1.82, 2.24) is 20.4 Å². The van der Waals surface area contributed by atoms with Gasteiger partial charge in [-0.05, 0) is 37.0 Å².